The Bertz CT molecular complexity index is 425. The number of hydrogen-bond donors (Lipinski definition) is 1. The molecule has 0 spiro atoms. The van der Waals surface area contributed by atoms with Gasteiger partial charge in [0.15, 0.2) is 0 Å². The monoisotopic (exact) mass is 272 g/mol. The lowest BCUT2D eigenvalue weighted by Gasteiger charge is -2.36. The summed E-state index contributed by atoms with van der Waals surface area (Å²) >= 11 is 0. The molecule has 2 aliphatic rings. The molecule has 2 fully saturated rings. The minimum Gasteiger partial charge on any atom is -0.310 e. The molecule has 3 unspecified atom stereocenters. The van der Waals surface area contributed by atoms with Crippen molar-refractivity contribution in [3.05, 3.63) is 35.4 Å². The SMILES string of the molecule is Cc1ccc(C(C)NCC2CC3CCC(C2)N3C)cc1. The summed E-state index contributed by atoms with van der Waals surface area (Å²) in [6, 6.07) is 11.1. The van der Waals surface area contributed by atoms with Crippen molar-refractivity contribution < 1.29 is 0 Å². The second-order valence-electron chi connectivity index (χ2n) is 6.93. The van der Waals surface area contributed by atoms with Gasteiger partial charge >= 0.3 is 0 Å². The van der Waals surface area contributed by atoms with E-state index in [0.717, 1.165) is 18.0 Å². The van der Waals surface area contributed by atoms with Gasteiger partial charge in [-0.3, -0.25) is 0 Å². The first-order valence-electron chi connectivity index (χ1n) is 8.15. The third-order valence-corrected chi connectivity index (χ3v) is 5.49. The van der Waals surface area contributed by atoms with Crippen LogP contribution in [0.2, 0.25) is 0 Å². The Hall–Kier alpha value is -0.860. The molecule has 2 nitrogen and oxygen atoms in total. The molecule has 110 valence electrons. The largest absolute Gasteiger partial charge is 0.310 e. The Balaban J connectivity index is 1.51. The first kappa shape index (κ1) is 14.1. The van der Waals surface area contributed by atoms with Gasteiger partial charge in [0, 0.05) is 18.1 Å². The van der Waals surface area contributed by atoms with Crippen molar-refractivity contribution in [2.45, 2.75) is 57.7 Å². The zero-order valence-electron chi connectivity index (χ0n) is 13.1. The van der Waals surface area contributed by atoms with E-state index in [9.17, 15) is 0 Å². The molecule has 2 aliphatic heterocycles. The third-order valence-electron chi connectivity index (χ3n) is 5.49. The topological polar surface area (TPSA) is 15.3 Å². The van der Waals surface area contributed by atoms with Crippen molar-refractivity contribution in [2.24, 2.45) is 5.92 Å². The lowest BCUT2D eigenvalue weighted by Crippen LogP contribution is -2.42. The number of rotatable bonds is 4. The number of fused-ring (bicyclic) bond motifs is 2. The van der Waals surface area contributed by atoms with E-state index in [0.29, 0.717) is 6.04 Å². The molecule has 2 heteroatoms. The van der Waals surface area contributed by atoms with Crippen molar-refractivity contribution in [3.63, 3.8) is 0 Å². The molecular weight excluding hydrogens is 244 g/mol. The van der Waals surface area contributed by atoms with Crippen molar-refractivity contribution in [2.75, 3.05) is 13.6 Å². The molecular formula is C18H28N2. The predicted molar refractivity (Wildman–Crippen MR) is 84.9 cm³/mol. The van der Waals surface area contributed by atoms with Gasteiger partial charge in [-0.05, 0) is 64.6 Å². The van der Waals surface area contributed by atoms with E-state index in [1.54, 1.807) is 0 Å². The van der Waals surface area contributed by atoms with Crippen LogP contribution in [0.4, 0.5) is 0 Å². The number of hydrogen-bond acceptors (Lipinski definition) is 2. The summed E-state index contributed by atoms with van der Waals surface area (Å²) in [5.74, 6) is 0.872. The van der Waals surface area contributed by atoms with Crippen LogP contribution in [0.25, 0.3) is 0 Å². The number of aryl methyl sites for hydroxylation is 1. The molecule has 2 bridgehead atoms. The molecule has 0 aliphatic carbocycles. The van der Waals surface area contributed by atoms with Crippen LogP contribution < -0.4 is 5.32 Å². The fraction of sp³-hybridized carbons (Fsp3) is 0.667. The molecule has 1 aromatic carbocycles. The molecule has 0 amide bonds. The number of nitrogens with zero attached hydrogens (tertiary/aromatic N) is 1. The lowest BCUT2D eigenvalue weighted by molar-refractivity contribution is 0.131. The summed E-state index contributed by atoms with van der Waals surface area (Å²) in [6.07, 6.45) is 5.62. The molecule has 3 rings (SSSR count). The summed E-state index contributed by atoms with van der Waals surface area (Å²) in [6.45, 7) is 5.61. The van der Waals surface area contributed by atoms with Crippen LogP contribution in [0, 0.1) is 12.8 Å². The second-order valence-corrected chi connectivity index (χ2v) is 6.93. The Labute approximate surface area is 123 Å². The van der Waals surface area contributed by atoms with Gasteiger partial charge in [-0.25, -0.2) is 0 Å². The molecule has 0 radical (unpaired) electrons. The highest BCUT2D eigenvalue weighted by Crippen LogP contribution is 2.37. The van der Waals surface area contributed by atoms with Gasteiger partial charge in [-0.15, -0.1) is 0 Å². The zero-order chi connectivity index (χ0) is 14.1. The maximum atomic E-state index is 3.75. The molecule has 2 saturated heterocycles. The fourth-order valence-corrected chi connectivity index (χ4v) is 4.01. The van der Waals surface area contributed by atoms with Crippen molar-refractivity contribution in [3.8, 4) is 0 Å². The van der Waals surface area contributed by atoms with Gasteiger partial charge < -0.3 is 10.2 Å². The number of piperidine rings is 1. The second kappa shape index (κ2) is 5.87. The van der Waals surface area contributed by atoms with Crippen LogP contribution in [-0.2, 0) is 0 Å². The fourth-order valence-electron chi connectivity index (χ4n) is 4.01. The average molecular weight is 272 g/mol. The Kier molecular flexibility index (Phi) is 4.13. The van der Waals surface area contributed by atoms with Crippen molar-refractivity contribution in [1.82, 2.24) is 10.2 Å². The standard InChI is InChI=1S/C18H28N2/c1-13-4-6-16(7-5-13)14(2)19-12-15-10-17-8-9-18(11-15)20(17)3/h4-7,14-15,17-19H,8-12H2,1-3H3. The molecule has 20 heavy (non-hydrogen) atoms. The van der Waals surface area contributed by atoms with E-state index in [-0.39, 0.29) is 0 Å². The van der Waals surface area contributed by atoms with Gasteiger partial charge in [-0.2, -0.15) is 0 Å². The minimum atomic E-state index is 0.466. The van der Waals surface area contributed by atoms with Gasteiger partial charge in [0.2, 0.25) is 0 Å². The van der Waals surface area contributed by atoms with Crippen molar-refractivity contribution >= 4 is 0 Å². The predicted octanol–water partition coefficient (Wildman–Crippen LogP) is 3.52. The van der Waals surface area contributed by atoms with E-state index in [4.69, 9.17) is 0 Å². The maximum Gasteiger partial charge on any atom is 0.0291 e. The van der Waals surface area contributed by atoms with Crippen LogP contribution in [0.3, 0.4) is 0 Å². The highest BCUT2D eigenvalue weighted by atomic mass is 15.2. The molecule has 1 N–H and O–H groups in total. The highest BCUT2D eigenvalue weighted by molar-refractivity contribution is 5.23. The summed E-state index contributed by atoms with van der Waals surface area (Å²) in [7, 11) is 2.32. The van der Waals surface area contributed by atoms with Gasteiger partial charge in [-0.1, -0.05) is 29.8 Å². The van der Waals surface area contributed by atoms with E-state index in [1.807, 2.05) is 0 Å². The summed E-state index contributed by atoms with van der Waals surface area (Å²) in [4.78, 5) is 2.62. The normalized spacial score (nSPS) is 31.4. The molecule has 0 saturated carbocycles. The van der Waals surface area contributed by atoms with E-state index < -0.39 is 0 Å². The van der Waals surface area contributed by atoms with Crippen LogP contribution in [-0.4, -0.2) is 30.6 Å². The van der Waals surface area contributed by atoms with Crippen LogP contribution in [0.15, 0.2) is 24.3 Å². The number of benzene rings is 1. The van der Waals surface area contributed by atoms with Gasteiger partial charge in [0.1, 0.15) is 0 Å². The van der Waals surface area contributed by atoms with E-state index in [2.05, 4.69) is 55.4 Å². The Morgan fingerprint density at radius 2 is 1.75 bits per heavy atom. The van der Waals surface area contributed by atoms with Gasteiger partial charge in [0.05, 0.1) is 0 Å². The average Bonchev–Trinajstić information content (AvgIpc) is 2.66. The van der Waals surface area contributed by atoms with Gasteiger partial charge in [0.25, 0.3) is 0 Å². The molecule has 3 atom stereocenters. The summed E-state index contributed by atoms with van der Waals surface area (Å²) in [5.41, 5.74) is 2.75. The Morgan fingerprint density at radius 1 is 1.15 bits per heavy atom. The van der Waals surface area contributed by atoms with Crippen LogP contribution in [0.5, 0.6) is 0 Å². The first-order valence-corrected chi connectivity index (χ1v) is 8.15. The van der Waals surface area contributed by atoms with E-state index in [1.165, 1.54) is 43.4 Å². The smallest absolute Gasteiger partial charge is 0.0291 e. The third kappa shape index (κ3) is 2.91. The summed E-state index contributed by atoms with van der Waals surface area (Å²) < 4.78 is 0. The number of nitrogens with one attached hydrogen (secondary N) is 1. The van der Waals surface area contributed by atoms with Crippen LogP contribution >= 0.6 is 0 Å². The maximum absolute atomic E-state index is 3.75. The Morgan fingerprint density at radius 3 is 2.35 bits per heavy atom. The molecule has 1 aromatic rings. The molecule has 0 aromatic heterocycles. The first-order chi connectivity index (χ1) is 9.63. The zero-order valence-corrected chi connectivity index (χ0v) is 13.1. The quantitative estimate of drug-likeness (QED) is 0.902. The summed E-state index contributed by atoms with van der Waals surface area (Å²) in [5, 5.41) is 3.75. The highest BCUT2D eigenvalue weighted by Gasteiger charge is 2.38. The molecule has 2 heterocycles. The van der Waals surface area contributed by atoms with Crippen LogP contribution in [0.1, 0.15) is 49.8 Å². The minimum absolute atomic E-state index is 0.466. The van der Waals surface area contributed by atoms with E-state index >= 15 is 0 Å². The lowest BCUT2D eigenvalue weighted by atomic mass is 9.90. The van der Waals surface area contributed by atoms with Crippen molar-refractivity contribution in [1.29, 1.82) is 0 Å².